The lowest BCUT2D eigenvalue weighted by Crippen LogP contribution is -2.57. The minimum absolute atomic E-state index is 0.00954. The number of aliphatic hydroxyl groups is 1. The molecule has 0 aliphatic carbocycles. The first-order chi connectivity index (χ1) is 18.1. The summed E-state index contributed by atoms with van der Waals surface area (Å²) in [6.45, 7) is 1.34. The third kappa shape index (κ3) is 5.77. The van der Waals surface area contributed by atoms with Crippen LogP contribution < -0.4 is 10.7 Å². The molecular formula is C26H20F7N3O3. The third-order valence-corrected chi connectivity index (χ3v) is 5.61. The van der Waals surface area contributed by atoms with Crippen LogP contribution in [0.5, 0.6) is 0 Å². The van der Waals surface area contributed by atoms with Crippen LogP contribution in [0.3, 0.4) is 0 Å². The lowest BCUT2D eigenvalue weighted by Gasteiger charge is -2.27. The predicted octanol–water partition coefficient (Wildman–Crippen LogP) is 5.23. The number of nitrogens with one attached hydrogen (secondary N) is 2. The maximum atomic E-state index is 13.7. The summed E-state index contributed by atoms with van der Waals surface area (Å²) in [7, 11) is 0. The molecule has 0 radical (unpaired) electrons. The molecule has 13 heteroatoms. The van der Waals surface area contributed by atoms with Crippen LogP contribution in [0.15, 0.2) is 90.0 Å². The Hall–Kier alpha value is -4.26. The Morgan fingerprint density at radius 2 is 1.26 bits per heavy atom. The number of alkyl halides is 7. The monoisotopic (exact) mass is 555 g/mol. The topological polar surface area (TPSA) is 90.8 Å². The highest BCUT2D eigenvalue weighted by molar-refractivity contribution is 6.02. The second-order valence-corrected chi connectivity index (χ2v) is 8.26. The molecule has 0 atom stereocenters. The van der Waals surface area contributed by atoms with Crippen molar-refractivity contribution in [2.45, 2.75) is 30.5 Å². The zero-order valence-corrected chi connectivity index (χ0v) is 19.9. The summed E-state index contributed by atoms with van der Waals surface area (Å²) in [6.07, 6.45) is -6.67. The van der Waals surface area contributed by atoms with Crippen LogP contribution in [0.2, 0.25) is 0 Å². The number of hydrazone groups is 1. The number of rotatable bonds is 8. The van der Waals surface area contributed by atoms with E-state index in [2.05, 4.69) is 10.5 Å². The van der Waals surface area contributed by atoms with Gasteiger partial charge in [-0.25, -0.2) is 5.43 Å². The Balaban J connectivity index is 1.83. The molecule has 206 valence electrons. The Labute approximate surface area is 217 Å². The average Bonchev–Trinajstić information content (AvgIpc) is 2.91. The van der Waals surface area contributed by atoms with Gasteiger partial charge in [-0.1, -0.05) is 72.8 Å². The van der Waals surface area contributed by atoms with Crippen molar-refractivity contribution in [3.63, 3.8) is 0 Å². The number of benzene rings is 3. The summed E-state index contributed by atoms with van der Waals surface area (Å²) in [6, 6.07) is 20.3. The molecule has 0 bridgehead atoms. The van der Waals surface area contributed by atoms with Crippen LogP contribution in [0, 0.1) is 0 Å². The van der Waals surface area contributed by atoms with Crippen LogP contribution in [-0.4, -0.2) is 40.7 Å². The molecular weight excluding hydrogens is 535 g/mol. The molecule has 0 saturated heterocycles. The SMILES string of the molecule is CC(=NNC(=O)C(O)(c1ccccc1)c1ccccc1)c1cccc(NC(=O)C(F)(F)C(F)(F)C(F)(F)F)c1. The Morgan fingerprint density at radius 1 is 0.744 bits per heavy atom. The summed E-state index contributed by atoms with van der Waals surface area (Å²) >= 11 is 0. The fourth-order valence-electron chi connectivity index (χ4n) is 3.42. The molecule has 0 spiro atoms. The molecule has 0 heterocycles. The Kier molecular flexibility index (Phi) is 8.15. The number of amides is 2. The van der Waals surface area contributed by atoms with Gasteiger partial charge >= 0.3 is 23.9 Å². The molecule has 0 unspecified atom stereocenters. The third-order valence-electron chi connectivity index (χ3n) is 5.61. The standard InChI is InChI=1S/C26H20F7N3O3/c1-16(17-9-8-14-20(15-17)34-22(38)24(27,28)25(29,30)26(31,32)33)35-36-21(37)23(39,18-10-4-2-5-11-18)19-12-6-3-7-13-19/h2-15,39H,1H3,(H,34,38)(H,36,37). The molecule has 3 N–H and O–H groups in total. The molecule has 39 heavy (non-hydrogen) atoms. The van der Waals surface area contributed by atoms with Gasteiger partial charge in [0.25, 0.3) is 5.91 Å². The van der Waals surface area contributed by atoms with Crippen LogP contribution >= 0.6 is 0 Å². The number of nitrogens with zero attached hydrogens (tertiary/aromatic N) is 1. The fraction of sp³-hybridized carbons (Fsp3) is 0.192. The van der Waals surface area contributed by atoms with E-state index < -0.39 is 41.1 Å². The van der Waals surface area contributed by atoms with Crippen molar-refractivity contribution in [3.05, 3.63) is 102 Å². The highest BCUT2D eigenvalue weighted by atomic mass is 19.4. The lowest BCUT2D eigenvalue weighted by atomic mass is 9.85. The van der Waals surface area contributed by atoms with Crippen molar-refractivity contribution in [1.82, 2.24) is 5.43 Å². The van der Waals surface area contributed by atoms with Crippen molar-refractivity contribution in [2.24, 2.45) is 5.10 Å². The smallest absolute Gasteiger partial charge is 0.372 e. The van der Waals surface area contributed by atoms with Crippen molar-refractivity contribution >= 4 is 23.2 Å². The van der Waals surface area contributed by atoms with E-state index in [1.165, 1.54) is 48.6 Å². The van der Waals surface area contributed by atoms with Gasteiger partial charge in [-0.05, 0) is 35.7 Å². The molecule has 3 aromatic carbocycles. The van der Waals surface area contributed by atoms with E-state index in [0.29, 0.717) is 0 Å². The van der Waals surface area contributed by atoms with Gasteiger partial charge < -0.3 is 10.4 Å². The van der Waals surface area contributed by atoms with Crippen LogP contribution in [-0.2, 0) is 15.2 Å². The van der Waals surface area contributed by atoms with E-state index >= 15 is 0 Å². The van der Waals surface area contributed by atoms with E-state index in [9.17, 15) is 45.4 Å². The van der Waals surface area contributed by atoms with Crippen LogP contribution in [0.25, 0.3) is 0 Å². The van der Waals surface area contributed by atoms with E-state index in [1.807, 2.05) is 0 Å². The molecule has 0 aliphatic heterocycles. The molecule has 0 fully saturated rings. The van der Waals surface area contributed by atoms with E-state index in [0.717, 1.165) is 12.1 Å². The highest BCUT2D eigenvalue weighted by Gasteiger charge is 2.76. The largest absolute Gasteiger partial charge is 0.460 e. The van der Waals surface area contributed by atoms with Crippen LogP contribution in [0.4, 0.5) is 36.4 Å². The first kappa shape index (κ1) is 29.3. The van der Waals surface area contributed by atoms with Crippen molar-refractivity contribution in [2.75, 3.05) is 5.32 Å². The number of carbonyl (C=O) groups excluding carboxylic acids is 2. The molecule has 0 aromatic heterocycles. The Morgan fingerprint density at radius 3 is 1.74 bits per heavy atom. The first-order valence-corrected chi connectivity index (χ1v) is 11.0. The van der Waals surface area contributed by atoms with Gasteiger partial charge in [-0.3, -0.25) is 9.59 Å². The summed E-state index contributed by atoms with van der Waals surface area (Å²) in [5.74, 6) is -16.5. The Bertz CT molecular complexity index is 1320. The summed E-state index contributed by atoms with van der Waals surface area (Å²) in [5, 5.41) is 16.6. The lowest BCUT2D eigenvalue weighted by molar-refractivity contribution is -0.343. The molecule has 0 saturated carbocycles. The maximum absolute atomic E-state index is 13.7. The predicted molar refractivity (Wildman–Crippen MR) is 127 cm³/mol. The summed E-state index contributed by atoms with van der Waals surface area (Å²) < 4.78 is 90.8. The van der Waals surface area contributed by atoms with Gasteiger partial charge in [0.05, 0.1) is 5.71 Å². The van der Waals surface area contributed by atoms with E-state index in [1.54, 1.807) is 36.4 Å². The number of halogens is 7. The number of carbonyl (C=O) groups is 2. The zero-order valence-electron chi connectivity index (χ0n) is 19.9. The van der Waals surface area contributed by atoms with E-state index in [4.69, 9.17) is 0 Å². The molecule has 3 aromatic rings. The second kappa shape index (κ2) is 10.8. The second-order valence-electron chi connectivity index (χ2n) is 8.26. The minimum atomic E-state index is -6.67. The highest BCUT2D eigenvalue weighted by Crippen LogP contribution is 2.46. The number of hydrogen-bond donors (Lipinski definition) is 3. The zero-order chi connectivity index (χ0) is 29.1. The maximum Gasteiger partial charge on any atom is 0.460 e. The van der Waals surface area contributed by atoms with Crippen molar-refractivity contribution in [1.29, 1.82) is 0 Å². The molecule has 3 rings (SSSR count). The van der Waals surface area contributed by atoms with Gasteiger partial charge in [0, 0.05) is 5.69 Å². The minimum Gasteiger partial charge on any atom is -0.372 e. The first-order valence-electron chi connectivity index (χ1n) is 11.0. The van der Waals surface area contributed by atoms with Crippen LogP contribution in [0.1, 0.15) is 23.6 Å². The fourth-order valence-corrected chi connectivity index (χ4v) is 3.42. The molecule has 6 nitrogen and oxygen atoms in total. The number of hydrogen-bond acceptors (Lipinski definition) is 4. The van der Waals surface area contributed by atoms with Gasteiger partial charge in [0.1, 0.15) is 0 Å². The summed E-state index contributed by atoms with van der Waals surface area (Å²) in [4.78, 5) is 24.8. The van der Waals surface area contributed by atoms with Gasteiger partial charge in [-0.2, -0.15) is 35.8 Å². The van der Waals surface area contributed by atoms with Gasteiger partial charge in [-0.15, -0.1) is 0 Å². The number of anilines is 1. The van der Waals surface area contributed by atoms with E-state index in [-0.39, 0.29) is 22.4 Å². The molecule has 0 aliphatic rings. The normalized spacial score (nSPS) is 13.1. The van der Waals surface area contributed by atoms with Gasteiger partial charge in [0.15, 0.2) is 5.60 Å². The summed E-state index contributed by atoms with van der Waals surface area (Å²) in [5.41, 5.74) is 0.0277. The molecule has 2 amide bonds. The van der Waals surface area contributed by atoms with Crippen molar-refractivity contribution in [3.8, 4) is 0 Å². The quantitative estimate of drug-likeness (QED) is 0.202. The average molecular weight is 555 g/mol. The van der Waals surface area contributed by atoms with Crippen molar-refractivity contribution < 1.29 is 45.4 Å². The van der Waals surface area contributed by atoms with Gasteiger partial charge in [0.2, 0.25) is 0 Å².